The average Bonchev–Trinajstić information content (AvgIpc) is 3.11. The molecule has 0 saturated heterocycles. The number of aromatic amines is 1. The van der Waals surface area contributed by atoms with E-state index < -0.39 is 16.1 Å². The summed E-state index contributed by atoms with van der Waals surface area (Å²) >= 11 is 0. The van der Waals surface area contributed by atoms with E-state index in [9.17, 15) is 23.7 Å². The number of anilines is 1. The average molecular weight is 476 g/mol. The van der Waals surface area contributed by atoms with Gasteiger partial charge in [-0.15, -0.1) is 0 Å². The minimum atomic E-state index is -3.55. The monoisotopic (exact) mass is 475 g/mol. The SMILES string of the molecule is CS(=O)(=O)Nc1cc(C(O)CNCCOc2ccc3c4c([nH]c3c2)CCC(O)C4)ccc1O. The minimum Gasteiger partial charge on any atom is -0.506 e. The molecule has 2 aromatic carbocycles. The molecular formula is C23H29N3O6S. The van der Waals surface area contributed by atoms with Crippen molar-refractivity contribution in [3.05, 3.63) is 53.2 Å². The summed E-state index contributed by atoms with van der Waals surface area (Å²) in [5.41, 5.74) is 3.87. The topological polar surface area (TPSA) is 144 Å². The van der Waals surface area contributed by atoms with Gasteiger partial charge in [-0.1, -0.05) is 6.07 Å². The predicted octanol–water partition coefficient (Wildman–Crippen LogP) is 1.80. The maximum atomic E-state index is 11.4. The molecule has 1 aliphatic rings. The number of aromatic nitrogens is 1. The van der Waals surface area contributed by atoms with Gasteiger partial charge >= 0.3 is 0 Å². The highest BCUT2D eigenvalue weighted by molar-refractivity contribution is 7.92. The van der Waals surface area contributed by atoms with Crippen LogP contribution < -0.4 is 14.8 Å². The van der Waals surface area contributed by atoms with E-state index in [4.69, 9.17) is 4.74 Å². The van der Waals surface area contributed by atoms with Crippen molar-refractivity contribution in [2.75, 3.05) is 30.7 Å². The fraction of sp³-hybridized carbons (Fsp3) is 0.391. The zero-order valence-corrected chi connectivity index (χ0v) is 19.2. The van der Waals surface area contributed by atoms with Crippen molar-refractivity contribution in [1.29, 1.82) is 0 Å². The summed E-state index contributed by atoms with van der Waals surface area (Å²) in [6, 6.07) is 10.2. The molecule has 6 N–H and O–H groups in total. The molecule has 2 unspecified atom stereocenters. The van der Waals surface area contributed by atoms with Gasteiger partial charge in [-0.3, -0.25) is 4.72 Å². The Morgan fingerprint density at radius 3 is 2.85 bits per heavy atom. The number of aryl methyl sites for hydroxylation is 1. The molecule has 0 spiro atoms. The molecule has 1 heterocycles. The number of rotatable bonds is 9. The summed E-state index contributed by atoms with van der Waals surface area (Å²) in [7, 11) is -3.55. The first-order valence-electron chi connectivity index (χ1n) is 10.8. The number of H-pyrrole nitrogens is 1. The standard InChI is InChI=1S/C23H29N3O6S/c1-33(30,31)26-21-10-14(2-7-22(21)28)23(29)13-24-8-9-32-16-4-5-17-18-11-15(27)3-6-19(18)25-20(17)12-16/h2,4-5,7,10,12,15,23-29H,3,6,8-9,11,13H2,1H3. The number of hydrogen-bond donors (Lipinski definition) is 6. The Balaban J connectivity index is 1.27. The van der Waals surface area contributed by atoms with E-state index in [2.05, 4.69) is 15.0 Å². The molecule has 0 radical (unpaired) electrons. The van der Waals surface area contributed by atoms with Crippen molar-refractivity contribution in [2.24, 2.45) is 0 Å². The van der Waals surface area contributed by atoms with Crippen LogP contribution in [0.2, 0.25) is 0 Å². The molecule has 9 nitrogen and oxygen atoms in total. The second kappa shape index (κ2) is 9.60. The van der Waals surface area contributed by atoms with E-state index in [1.54, 1.807) is 0 Å². The van der Waals surface area contributed by atoms with Crippen LogP contribution in [0.3, 0.4) is 0 Å². The summed E-state index contributed by atoms with van der Waals surface area (Å²) in [6.07, 6.45) is 2.12. The third kappa shape index (κ3) is 5.77. The molecule has 2 atom stereocenters. The Kier molecular flexibility index (Phi) is 6.80. The van der Waals surface area contributed by atoms with Gasteiger partial charge < -0.3 is 30.4 Å². The normalized spacial score (nSPS) is 17.0. The number of aliphatic hydroxyl groups excluding tert-OH is 2. The van der Waals surface area contributed by atoms with Crippen LogP contribution in [0.4, 0.5) is 5.69 Å². The summed E-state index contributed by atoms with van der Waals surface area (Å²) < 4.78 is 30.9. The van der Waals surface area contributed by atoms with E-state index >= 15 is 0 Å². The lowest BCUT2D eigenvalue weighted by Gasteiger charge is -2.17. The Hall–Kier alpha value is -2.79. The zero-order valence-electron chi connectivity index (χ0n) is 18.3. The molecule has 3 aromatic rings. The van der Waals surface area contributed by atoms with Gasteiger partial charge in [0.2, 0.25) is 10.0 Å². The number of ether oxygens (including phenoxy) is 1. The van der Waals surface area contributed by atoms with E-state index in [1.165, 1.54) is 29.5 Å². The lowest BCUT2D eigenvalue weighted by atomic mass is 9.93. The van der Waals surface area contributed by atoms with Crippen molar-refractivity contribution >= 4 is 26.6 Å². The number of hydrogen-bond acceptors (Lipinski definition) is 7. The van der Waals surface area contributed by atoms with Crippen LogP contribution in [0.1, 0.15) is 29.3 Å². The third-order valence-electron chi connectivity index (χ3n) is 5.72. The van der Waals surface area contributed by atoms with Crippen molar-refractivity contribution in [3.63, 3.8) is 0 Å². The number of fused-ring (bicyclic) bond motifs is 3. The Bertz CT molecular complexity index is 1240. The highest BCUT2D eigenvalue weighted by Gasteiger charge is 2.21. The lowest BCUT2D eigenvalue weighted by molar-refractivity contribution is 0.158. The van der Waals surface area contributed by atoms with Gasteiger partial charge in [0.25, 0.3) is 0 Å². The first-order valence-corrected chi connectivity index (χ1v) is 12.7. The number of sulfonamides is 1. The molecule has 0 bridgehead atoms. The van der Waals surface area contributed by atoms with Crippen LogP contribution >= 0.6 is 0 Å². The van der Waals surface area contributed by atoms with E-state index in [0.29, 0.717) is 25.1 Å². The summed E-state index contributed by atoms with van der Waals surface area (Å²) in [4.78, 5) is 3.43. The molecule has 0 fully saturated rings. The van der Waals surface area contributed by atoms with Crippen LogP contribution in [0.15, 0.2) is 36.4 Å². The number of phenolic OH excluding ortho intramolecular Hbond substituents is 1. The maximum Gasteiger partial charge on any atom is 0.229 e. The molecule has 1 aliphatic carbocycles. The molecule has 178 valence electrons. The largest absolute Gasteiger partial charge is 0.506 e. The first kappa shape index (κ1) is 23.4. The van der Waals surface area contributed by atoms with Gasteiger partial charge in [-0.05, 0) is 48.2 Å². The Morgan fingerprint density at radius 2 is 2.06 bits per heavy atom. The molecule has 0 aliphatic heterocycles. The Morgan fingerprint density at radius 1 is 1.24 bits per heavy atom. The molecule has 4 rings (SSSR count). The van der Waals surface area contributed by atoms with Crippen molar-refractivity contribution in [1.82, 2.24) is 10.3 Å². The molecular weight excluding hydrogens is 446 g/mol. The lowest BCUT2D eigenvalue weighted by Crippen LogP contribution is -2.26. The van der Waals surface area contributed by atoms with Gasteiger partial charge in [-0.2, -0.15) is 0 Å². The molecule has 33 heavy (non-hydrogen) atoms. The summed E-state index contributed by atoms with van der Waals surface area (Å²) in [5, 5.41) is 34.4. The van der Waals surface area contributed by atoms with Crippen molar-refractivity contribution in [3.8, 4) is 11.5 Å². The van der Waals surface area contributed by atoms with Gasteiger partial charge in [0.1, 0.15) is 18.1 Å². The van der Waals surface area contributed by atoms with Crippen molar-refractivity contribution < 1.29 is 28.5 Å². The smallest absolute Gasteiger partial charge is 0.229 e. The quantitative estimate of drug-likeness (QED) is 0.205. The number of nitrogens with one attached hydrogen (secondary N) is 3. The number of aliphatic hydroxyl groups is 2. The van der Waals surface area contributed by atoms with Crippen LogP contribution in [0.5, 0.6) is 11.5 Å². The summed E-state index contributed by atoms with van der Waals surface area (Å²) in [5.74, 6) is 0.521. The number of phenols is 1. The second-order valence-corrected chi connectivity index (χ2v) is 10.2. The number of aromatic hydroxyl groups is 1. The number of benzene rings is 2. The first-order chi connectivity index (χ1) is 15.7. The zero-order chi connectivity index (χ0) is 23.6. The Labute approximate surface area is 192 Å². The van der Waals surface area contributed by atoms with Gasteiger partial charge in [0, 0.05) is 42.2 Å². The van der Waals surface area contributed by atoms with Crippen molar-refractivity contribution in [2.45, 2.75) is 31.5 Å². The minimum absolute atomic E-state index is 0.0216. The van der Waals surface area contributed by atoms with Gasteiger partial charge in [-0.25, -0.2) is 8.42 Å². The van der Waals surface area contributed by atoms with Gasteiger partial charge in [0.15, 0.2) is 0 Å². The van der Waals surface area contributed by atoms with E-state index in [1.807, 2.05) is 18.2 Å². The van der Waals surface area contributed by atoms with Crippen LogP contribution in [-0.4, -0.2) is 60.8 Å². The molecule has 1 aromatic heterocycles. The molecule has 0 saturated carbocycles. The third-order valence-corrected chi connectivity index (χ3v) is 6.31. The second-order valence-electron chi connectivity index (χ2n) is 8.41. The predicted molar refractivity (Wildman–Crippen MR) is 126 cm³/mol. The highest BCUT2D eigenvalue weighted by Crippen LogP contribution is 2.31. The highest BCUT2D eigenvalue weighted by atomic mass is 32.2. The fourth-order valence-electron chi connectivity index (χ4n) is 4.12. The molecule has 0 amide bonds. The van der Waals surface area contributed by atoms with E-state index in [0.717, 1.165) is 35.7 Å². The molecule has 10 heteroatoms. The van der Waals surface area contributed by atoms with Crippen LogP contribution in [-0.2, 0) is 22.9 Å². The van der Waals surface area contributed by atoms with Crippen LogP contribution in [0.25, 0.3) is 10.9 Å². The van der Waals surface area contributed by atoms with Crippen LogP contribution in [0, 0.1) is 0 Å². The van der Waals surface area contributed by atoms with E-state index in [-0.39, 0.29) is 24.1 Å². The van der Waals surface area contributed by atoms with Gasteiger partial charge in [0.05, 0.1) is 24.2 Å². The maximum absolute atomic E-state index is 11.4. The fourth-order valence-corrected chi connectivity index (χ4v) is 4.68. The summed E-state index contributed by atoms with van der Waals surface area (Å²) in [6.45, 7) is 1.13.